The molecule has 3 rings (SSSR count). The van der Waals surface area contributed by atoms with Crippen LogP contribution in [0, 0.1) is 11.3 Å². The first-order chi connectivity index (χ1) is 17.9. The number of hydrogen-bond donors (Lipinski definition) is 4. The Hall–Kier alpha value is -3.99. The van der Waals surface area contributed by atoms with E-state index in [0.29, 0.717) is 25.2 Å². The van der Waals surface area contributed by atoms with Crippen molar-refractivity contribution in [2.45, 2.75) is 32.9 Å². The minimum absolute atomic E-state index is 0.0741. The van der Waals surface area contributed by atoms with Gasteiger partial charge in [0.05, 0.1) is 0 Å². The van der Waals surface area contributed by atoms with Gasteiger partial charge in [-0.25, -0.2) is 0 Å². The molecular formula is C30H35N5O2. The highest BCUT2D eigenvalue weighted by molar-refractivity contribution is 6.05. The smallest absolute Gasteiger partial charge is 0.261 e. The molecule has 7 nitrogen and oxygen atoms in total. The van der Waals surface area contributed by atoms with Gasteiger partial charge in [0.2, 0.25) is 5.91 Å². The zero-order chi connectivity index (χ0) is 26.6. The Kier molecular flexibility index (Phi) is 10.4. The Bertz CT molecular complexity index is 1280. The molecule has 0 spiro atoms. The molecule has 0 heterocycles. The topological polar surface area (TPSA) is 106 Å². The molecule has 0 bridgehead atoms. The van der Waals surface area contributed by atoms with Crippen molar-refractivity contribution in [3.8, 4) is 6.07 Å². The van der Waals surface area contributed by atoms with Crippen LogP contribution < -0.4 is 21.3 Å². The molecule has 0 fully saturated rings. The number of nitrogens with zero attached hydrogens (tertiary/aromatic N) is 1. The average molecular weight is 498 g/mol. The number of nitriles is 1. The molecule has 0 saturated carbocycles. The maximum Gasteiger partial charge on any atom is 0.261 e. The van der Waals surface area contributed by atoms with E-state index < -0.39 is 5.91 Å². The van der Waals surface area contributed by atoms with Gasteiger partial charge in [0.25, 0.3) is 5.91 Å². The van der Waals surface area contributed by atoms with Gasteiger partial charge < -0.3 is 21.3 Å². The van der Waals surface area contributed by atoms with Crippen molar-refractivity contribution in [2.24, 2.45) is 0 Å². The van der Waals surface area contributed by atoms with Crippen LogP contribution >= 0.6 is 0 Å². The van der Waals surface area contributed by atoms with E-state index in [9.17, 15) is 9.59 Å². The molecule has 0 aromatic heterocycles. The highest BCUT2D eigenvalue weighted by atomic mass is 16.2. The van der Waals surface area contributed by atoms with Crippen LogP contribution in [0.5, 0.6) is 0 Å². The second-order valence-corrected chi connectivity index (χ2v) is 8.99. The molecule has 3 aromatic carbocycles. The summed E-state index contributed by atoms with van der Waals surface area (Å²) in [5.41, 5.74) is 2.96. The van der Waals surface area contributed by atoms with Gasteiger partial charge in [-0.3, -0.25) is 9.59 Å². The number of carbonyl (C=O) groups excluding carboxylic acids is 2. The summed E-state index contributed by atoms with van der Waals surface area (Å²) in [6.45, 7) is 12.8. The van der Waals surface area contributed by atoms with Gasteiger partial charge >= 0.3 is 0 Å². The van der Waals surface area contributed by atoms with Crippen molar-refractivity contribution in [1.29, 1.82) is 5.26 Å². The van der Waals surface area contributed by atoms with Crippen molar-refractivity contribution in [2.75, 3.05) is 26.2 Å². The Morgan fingerprint density at radius 2 is 1.14 bits per heavy atom. The van der Waals surface area contributed by atoms with Crippen molar-refractivity contribution in [3.63, 3.8) is 0 Å². The van der Waals surface area contributed by atoms with Gasteiger partial charge in [0.1, 0.15) is 11.6 Å². The van der Waals surface area contributed by atoms with E-state index in [1.165, 1.54) is 32.7 Å². The Morgan fingerprint density at radius 1 is 0.730 bits per heavy atom. The monoisotopic (exact) mass is 497 g/mol. The maximum absolute atomic E-state index is 11.7. The standard InChI is InChI=1S/C30H35N5O2/c1-21(2)29(36)34-16-8-14-32-19-27-23-10-4-6-12-25(23)28(26-13-7-5-11-24(26)27)20-33-15-9-17-35-30(37)22(3)18-31/h4-7,10-13,32-33H,1,3,8-9,14-17,19-20H2,2H3,(H,34,36)(H,35,37). The molecule has 7 heteroatoms. The number of nitrogens with one attached hydrogen (secondary N) is 4. The van der Waals surface area contributed by atoms with Gasteiger partial charge in [0, 0.05) is 31.8 Å². The van der Waals surface area contributed by atoms with Crippen LogP contribution in [0.25, 0.3) is 21.5 Å². The molecule has 192 valence electrons. The molecule has 3 aromatic rings. The van der Waals surface area contributed by atoms with Crippen LogP contribution in [0.4, 0.5) is 0 Å². The first-order valence-corrected chi connectivity index (χ1v) is 12.6. The quantitative estimate of drug-likeness (QED) is 0.117. The first kappa shape index (κ1) is 27.6. The number of benzene rings is 3. The molecule has 0 aliphatic carbocycles. The molecule has 0 aliphatic heterocycles. The third kappa shape index (κ3) is 7.50. The number of hydrogen-bond acceptors (Lipinski definition) is 5. The molecule has 0 radical (unpaired) electrons. The SMILES string of the molecule is C=C(C)C(=O)NCCCNCc1c2ccccc2c(CNCCCNC(=O)C(=C)C#N)c2ccccc12. The van der Waals surface area contributed by atoms with Gasteiger partial charge in [-0.05, 0) is 65.5 Å². The molecule has 0 aliphatic rings. The van der Waals surface area contributed by atoms with Crippen molar-refractivity contribution in [3.05, 3.63) is 84.0 Å². The Morgan fingerprint density at radius 3 is 1.51 bits per heavy atom. The zero-order valence-electron chi connectivity index (χ0n) is 21.5. The fraction of sp³-hybridized carbons (Fsp3) is 0.300. The first-order valence-electron chi connectivity index (χ1n) is 12.6. The predicted octanol–water partition coefficient (Wildman–Crippen LogP) is 3.84. The Balaban J connectivity index is 1.66. The van der Waals surface area contributed by atoms with Crippen molar-refractivity contribution >= 4 is 33.4 Å². The van der Waals surface area contributed by atoms with E-state index in [1.54, 1.807) is 13.0 Å². The summed E-state index contributed by atoms with van der Waals surface area (Å²) in [6.07, 6.45) is 1.58. The number of carbonyl (C=O) groups is 2. The molecule has 0 atom stereocenters. The van der Waals surface area contributed by atoms with E-state index in [0.717, 1.165) is 32.5 Å². The van der Waals surface area contributed by atoms with Crippen LogP contribution in [-0.2, 0) is 22.7 Å². The summed E-state index contributed by atoms with van der Waals surface area (Å²) in [7, 11) is 0. The molecule has 0 unspecified atom stereocenters. The minimum Gasteiger partial charge on any atom is -0.352 e. The highest BCUT2D eigenvalue weighted by Crippen LogP contribution is 2.33. The molecule has 4 N–H and O–H groups in total. The fourth-order valence-corrected chi connectivity index (χ4v) is 4.26. The lowest BCUT2D eigenvalue weighted by atomic mass is 9.91. The van der Waals surface area contributed by atoms with E-state index in [4.69, 9.17) is 5.26 Å². The second-order valence-electron chi connectivity index (χ2n) is 8.99. The van der Waals surface area contributed by atoms with E-state index in [2.05, 4.69) is 83.0 Å². The second kappa shape index (κ2) is 13.9. The summed E-state index contributed by atoms with van der Waals surface area (Å²) >= 11 is 0. The third-order valence-electron chi connectivity index (χ3n) is 6.19. The zero-order valence-corrected chi connectivity index (χ0v) is 21.5. The molecule has 37 heavy (non-hydrogen) atoms. The molecule has 2 amide bonds. The van der Waals surface area contributed by atoms with Crippen LogP contribution in [0.2, 0.25) is 0 Å². The van der Waals surface area contributed by atoms with Crippen molar-refractivity contribution < 1.29 is 9.59 Å². The van der Waals surface area contributed by atoms with E-state index in [-0.39, 0.29) is 11.5 Å². The molecule has 0 saturated heterocycles. The van der Waals surface area contributed by atoms with Crippen LogP contribution in [0.15, 0.2) is 72.8 Å². The maximum atomic E-state index is 11.7. The fourth-order valence-electron chi connectivity index (χ4n) is 4.26. The van der Waals surface area contributed by atoms with Crippen molar-refractivity contribution in [1.82, 2.24) is 21.3 Å². The van der Waals surface area contributed by atoms with Gasteiger partial charge in [-0.1, -0.05) is 61.7 Å². The van der Waals surface area contributed by atoms with E-state index in [1.807, 2.05) is 0 Å². The summed E-state index contributed by atoms with van der Waals surface area (Å²) in [6, 6.07) is 18.7. The summed E-state index contributed by atoms with van der Waals surface area (Å²) in [5, 5.41) is 26.3. The van der Waals surface area contributed by atoms with Crippen LogP contribution in [0.3, 0.4) is 0 Å². The number of rotatable bonds is 14. The minimum atomic E-state index is -0.416. The van der Waals surface area contributed by atoms with Gasteiger partial charge in [0.15, 0.2) is 0 Å². The Labute approximate surface area is 218 Å². The van der Waals surface area contributed by atoms with Gasteiger partial charge in [-0.2, -0.15) is 5.26 Å². The van der Waals surface area contributed by atoms with Crippen LogP contribution in [0.1, 0.15) is 30.9 Å². The lowest BCUT2D eigenvalue weighted by Gasteiger charge is -2.18. The van der Waals surface area contributed by atoms with Gasteiger partial charge in [-0.15, -0.1) is 0 Å². The summed E-state index contributed by atoms with van der Waals surface area (Å²) in [5.74, 6) is -0.517. The lowest BCUT2D eigenvalue weighted by molar-refractivity contribution is -0.118. The third-order valence-corrected chi connectivity index (χ3v) is 6.19. The highest BCUT2D eigenvalue weighted by Gasteiger charge is 2.13. The molecular weight excluding hydrogens is 462 g/mol. The summed E-state index contributed by atoms with van der Waals surface area (Å²) in [4.78, 5) is 23.3. The predicted molar refractivity (Wildman–Crippen MR) is 150 cm³/mol. The number of fused-ring (bicyclic) bond motifs is 2. The average Bonchev–Trinajstić information content (AvgIpc) is 2.92. The van der Waals surface area contributed by atoms with Crippen LogP contribution in [-0.4, -0.2) is 38.0 Å². The summed E-state index contributed by atoms with van der Waals surface area (Å²) < 4.78 is 0. The largest absolute Gasteiger partial charge is 0.352 e. The van der Waals surface area contributed by atoms with E-state index >= 15 is 0 Å². The normalized spacial score (nSPS) is 10.7. The lowest BCUT2D eigenvalue weighted by Crippen LogP contribution is -2.28. The number of amides is 2.